The summed E-state index contributed by atoms with van der Waals surface area (Å²) >= 11 is 0. The van der Waals surface area contributed by atoms with Crippen LogP contribution in [0.3, 0.4) is 0 Å². The Morgan fingerprint density at radius 1 is 0.818 bits per heavy atom. The predicted octanol–water partition coefficient (Wildman–Crippen LogP) is 7.72. The van der Waals surface area contributed by atoms with E-state index in [-0.39, 0.29) is 11.6 Å². The number of hydrogen-bond donors (Lipinski definition) is 1. The SMILES string of the molecule is COc1ccc(NC(=C2C(=O)OC(C)(C)OC2=O)N(Cc2ccc(CCC(C)C)cc2)C(CC(C)C)CC(C)C)c(OC)c1. The largest absolute Gasteiger partial charge is 0.497 e. The standard InChI is InChI=1S/C36H52N2O6/c1-23(2)11-12-26-13-15-27(16-14-26)22-38(28(19-24(3)4)20-25(5)6)33(32-34(39)43-36(7,8)44-35(32)40)37-30-18-17-29(41-9)21-31(30)42-10/h13-18,21,23-25,28,37H,11-12,19-20,22H2,1-10H3. The number of hydrogen-bond acceptors (Lipinski definition) is 8. The van der Waals surface area contributed by atoms with Crippen molar-refractivity contribution in [2.45, 2.75) is 99.4 Å². The molecule has 2 aromatic carbocycles. The molecule has 1 saturated heterocycles. The minimum absolute atomic E-state index is 0.00889. The number of ether oxygens (including phenoxy) is 4. The summed E-state index contributed by atoms with van der Waals surface area (Å²) in [5.74, 6) is -0.0254. The van der Waals surface area contributed by atoms with Crippen LogP contribution in [-0.4, -0.2) is 42.9 Å². The summed E-state index contributed by atoms with van der Waals surface area (Å²) in [6.45, 7) is 16.8. The third-order valence-electron chi connectivity index (χ3n) is 7.58. The van der Waals surface area contributed by atoms with E-state index >= 15 is 0 Å². The molecule has 1 aliphatic rings. The fourth-order valence-corrected chi connectivity index (χ4v) is 5.45. The smallest absolute Gasteiger partial charge is 0.352 e. The van der Waals surface area contributed by atoms with Gasteiger partial charge in [0.15, 0.2) is 5.57 Å². The van der Waals surface area contributed by atoms with Gasteiger partial charge >= 0.3 is 11.9 Å². The van der Waals surface area contributed by atoms with Crippen LogP contribution in [0.15, 0.2) is 53.9 Å². The van der Waals surface area contributed by atoms with Gasteiger partial charge in [-0.05, 0) is 66.7 Å². The number of esters is 2. The minimum atomic E-state index is -1.37. The van der Waals surface area contributed by atoms with Gasteiger partial charge in [0, 0.05) is 32.5 Å². The van der Waals surface area contributed by atoms with Gasteiger partial charge in [0.2, 0.25) is 0 Å². The summed E-state index contributed by atoms with van der Waals surface area (Å²) in [4.78, 5) is 29.3. The Balaban J connectivity index is 2.21. The molecule has 0 atom stereocenters. The topological polar surface area (TPSA) is 86.3 Å². The first-order valence-corrected chi connectivity index (χ1v) is 15.8. The Morgan fingerprint density at radius 2 is 1.39 bits per heavy atom. The number of carbonyl (C=O) groups is 2. The maximum atomic E-state index is 13.6. The lowest BCUT2D eigenvalue weighted by Gasteiger charge is -2.40. The number of nitrogens with one attached hydrogen (secondary N) is 1. The summed E-state index contributed by atoms with van der Waals surface area (Å²) in [6, 6.07) is 14.0. The molecule has 0 spiro atoms. The zero-order valence-electron chi connectivity index (χ0n) is 28.3. The Bertz CT molecular complexity index is 1260. The van der Waals surface area contributed by atoms with Crippen LogP contribution in [0, 0.1) is 17.8 Å². The Labute approximate surface area is 264 Å². The molecule has 0 aromatic heterocycles. The fraction of sp³-hybridized carbons (Fsp3) is 0.556. The van der Waals surface area contributed by atoms with Crippen LogP contribution in [0.1, 0.15) is 85.8 Å². The Kier molecular flexibility index (Phi) is 12.1. The second-order valence-corrected chi connectivity index (χ2v) is 13.4. The highest BCUT2D eigenvalue weighted by Gasteiger charge is 2.43. The van der Waals surface area contributed by atoms with Crippen LogP contribution in [0.25, 0.3) is 0 Å². The van der Waals surface area contributed by atoms with Crippen molar-refractivity contribution in [3.05, 3.63) is 65.0 Å². The van der Waals surface area contributed by atoms with Crippen molar-refractivity contribution in [1.82, 2.24) is 4.90 Å². The molecule has 1 aliphatic heterocycles. The van der Waals surface area contributed by atoms with Gasteiger partial charge in [-0.15, -0.1) is 0 Å². The first-order chi connectivity index (χ1) is 20.7. The number of anilines is 1. The summed E-state index contributed by atoms with van der Waals surface area (Å²) in [6.07, 6.45) is 3.84. The van der Waals surface area contributed by atoms with Crippen molar-refractivity contribution in [2.75, 3.05) is 19.5 Å². The van der Waals surface area contributed by atoms with E-state index in [1.54, 1.807) is 40.2 Å². The highest BCUT2D eigenvalue weighted by atomic mass is 16.7. The van der Waals surface area contributed by atoms with E-state index in [9.17, 15) is 9.59 Å². The molecule has 0 radical (unpaired) electrons. The Hall–Kier alpha value is -3.68. The zero-order chi connectivity index (χ0) is 32.6. The maximum absolute atomic E-state index is 13.6. The van der Waals surface area contributed by atoms with Crippen LogP contribution in [-0.2, 0) is 32.0 Å². The number of methoxy groups -OCH3 is 2. The highest BCUT2D eigenvalue weighted by molar-refractivity contribution is 6.16. The van der Waals surface area contributed by atoms with Crippen molar-refractivity contribution >= 4 is 17.6 Å². The average molecular weight is 609 g/mol. The molecule has 0 amide bonds. The van der Waals surface area contributed by atoms with Crippen molar-refractivity contribution in [2.24, 2.45) is 17.8 Å². The van der Waals surface area contributed by atoms with Crippen LogP contribution >= 0.6 is 0 Å². The van der Waals surface area contributed by atoms with Crippen LogP contribution < -0.4 is 14.8 Å². The molecule has 0 aliphatic carbocycles. The molecule has 1 N–H and O–H groups in total. The first kappa shape index (κ1) is 34.8. The number of aryl methyl sites for hydroxylation is 1. The maximum Gasteiger partial charge on any atom is 0.352 e. The molecular weight excluding hydrogens is 556 g/mol. The van der Waals surface area contributed by atoms with Crippen LogP contribution in [0.2, 0.25) is 0 Å². The molecule has 0 bridgehead atoms. The molecule has 0 saturated carbocycles. The fourth-order valence-electron chi connectivity index (χ4n) is 5.45. The first-order valence-electron chi connectivity index (χ1n) is 15.8. The van der Waals surface area contributed by atoms with E-state index in [1.807, 2.05) is 6.07 Å². The van der Waals surface area contributed by atoms with Gasteiger partial charge in [-0.1, -0.05) is 65.8 Å². The molecule has 242 valence electrons. The van der Waals surface area contributed by atoms with Crippen LogP contribution in [0.5, 0.6) is 11.5 Å². The van der Waals surface area contributed by atoms with Gasteiger partial charge in [-0.2, -0.15) is 0 Å². The van der Waals surface area contributed by atoms with E-state index < -0.39 is 17.7 Å². The number of cyclic esters (lactones) is 2. The van der Waals surface area contributed by atoms with Gasteiger partial charge in [0.25, 0.3) is 5.79 Å². The lowest BCUT2D eigenvalue weighted by molar-refractivity contribution is -0.222. The Morgan fingerprint density at radius 3 is 1.89 bits per heavy atom. The van der Waals surface area contributed by atoms with E-state index in [2.05, 4.69) is 76.0 Å². The molecule has 8 nitrogen and oxygen atoms in total. The van der Waals surface area contributed by atoms with E-state index in [0.717, 1.165) is 31.2 Å². The molecule has 1 fully saturated rings. The molecule has 44 heavy (non-hydrogen) atoms. The van der Waals surface area contributed by atoms with Crippen molar-refractivity contribution in [3.63, 3.8) is 0 Å². The van der Waals surface area contributed by atoms with Gasteiger partial charge < -0.3 is 29.2 Å². The van der Waals surface area contributed by atoms with Gasteiger partial charge in [0.05, 0.1) is 19.9 Å². The van der Waals surface area contributed by atoms with Crippen molar-refractivity contribution in [3.8, 4) is 11.5 Å². The molecular formula is C36H52N2O6. The van der Waals surface area contributed by atoms with E-state index in [4.69, 9.17) is 18.9 Å². The quantitative estimate of drug-likeness (QED) is 0.125. The molecule has 1 heterocycles. The minimum Gasteiger partial charge on any atom is -0.497 e. The van der Waals surface area contributed by atoms with Gasteiger partial charge in [0.1, 0.15) is 17.3 Å². The summed E-state index contributed by atoms with van der Waals surface area (Å²) < 4.78 is 22.3. The van der Waals surface area contributed by atoms with Gasteiger partial charge in [-0.25, -0.2) is 9.59 Å². The number of rotatable bonds is 15. The monoisotopic (exact) mass is 608 g/mol. The molecule has 0 unspecified atom stereocenters. The number of carbonyl (C=O) groups excluding carboxylic acids is 2. The molecule has 3 rings (SSSR count). The molecule has 8 heteroatoms. The zero-order valence-corrected chi connectivity index (χ0v) is 28.3. The third-order valence-corrected chi connectivity index (χ3v) is 7.58. The number of benzene rings is 2. The second-order valence-electron chi connectivity index (χ2n) is 13.4. The summed E-state index contributed by atoms with van der Waals surface area (Å²) in [7, 11) is 3.15. The summed E-state index contributed by atoms with van der Waals surface area (Å²) in [5.41, 5.74) is 2.75. The lowest BCUT2D eigenvalue weighted by Crippen LogP contribution is -2.46. The molecule has 2 aromatic rings. The lowest BCUT2D eigenvalue weighted by atomic mass is 9.93. The van der Waals surface area contributed by atoms with Crippen LogP contribution in [0.4, 0.5) is 5.69 Å². The predicted molar refractivity (Wildman–Crippen MR) is 174 cm³/mol. The van der Waals surface area contributed by atoms with Crippen molar-refractivity contribution < 1.29 is 28.5 Å². The number of nitrogens with zero attached hydrogens (tertiary/aromatic N) is 1. The summed E-state index contributed by atoms with van der Waals surface area (Å²) in [5, 5.41) is 3.42. The van der Waals surface area contributed by atoms with Crippen molar-refractivity contribution in [1.29, 1.82) is 0 Å². The van der Waals surface area contributed by atoms with E-state index in [1.165, 1.54) is 5.56 Å². The van der Waals surface area contributed by atoms with E-state index in [0.29, 0.717) is 47.3 Å². The second kappa shape index (κ2) is 15.4. The average Bonchev–Trinajstić information content (AvgIpc) is 2.93. The third kappa shape index (κ3) is 9.66. The van der Waals surface area contributed by atoms with Gasteiger partial charge in [-0.3, -0.25) is 0 Å². The highest BCUT2D eigenvalue weighted by Crippen LogP contribution is 2.35. The normalized spacial score (nSPS) is 14.6.